The van der Waals surface area contributed by atoms with Gasteiger partial charge in [-0.05, 0) is 68.7 Å². The number of carboxylic acid groups (broad SMARTS) is 1. The van der Waals surface area contributed by atoms with E-state index in [0.29, 0.717) is 24.7 Å². The van der Waals surface area contributed by atoms with Crippen molar-refractivity contribution in [3.63, 3.8) is 0 Å². The Morgan fingerprint density at radius 3 is 1.60 bits per heavy atom. The van der Waals surface area contributed by atoms with Crippen LogP contribution in [-0.4, -0.2) is 90.6 Å². The number of aromatic amines is 2. The summed E-state index contributed by atoms with van der Waals surface area (Å²) < 4.78 is 4.92. The van der Waals surface area contributed by atoms with E-state index in [4.69, 9.17) is 9.84 Å². The Morgan fingerprint density at radius 1 is 0.760 bits per heavy atom. The molecule has 0 saturated carbocycles. The van der Waals surface area contributed by atoms with Gasteiger partial charge in [0.1, 0.15) is 23.7 Å². The predicted molar refractivity (Wildman–Crippen MR) is 185 cm³/mol. The van der Waals surface area contributed by atoms with Crippen LogP contribution in [0.2, 0.25) is 0 Å². The van der Waals surface area contributed by atoms with E-state index in [1.54, 1.807) is 43.0 Å². The molecule has 4 heterocycles. The molecule has 2 aliphatic heterocycles. The molecule has 0 aliphatic carbocycles. The summed E-state index contributed by atoms with van der Waals surface area (Å²) in [7, 11) is 0. The average molecular weight is 683 g/mol. The molecule has 4 amide bonds. The van der Waals surface area contributed by atoms with Crippen LogP contribution in [0.15, 0.2) is 60.9 Å². The van der Waals surface area contributed by atoms with Crippen LogP contribution in [0.3, 0.4) is 0 Å². The van der Waals surface area contributed by atoms with Crippen LogP contribution < -0.4 is 10.6 Å². The lowest BCUT2D eigenvalue weighted by Crippen LogP contribution is -2.46. The zero-order valence-corrected chi connectivity index (χ0v) is 28.3. The van der Waals surface area contributed by atoms with Crippen molar-refractivity contribution < 1.29 is 29.0 Å². The summed E-state index contributed by atoms with van der Waals surface area (Å²) >= 11 is 0. The summed E-state index contributed by atoms with van der Waals surface area (Å²) in [5, 5.41) is 13.9. The van der Waals surface area contributed by atoms with Crippen LogP contribution in [0.25, 0.3) is 33.6 Å². The largest absolute Gasteiger partial charge is 0.465 e. The molecule has 14 heteroatoms. The normalized spacial score (nSPS) is 18.5. The van der Waals surface area contributed by atoms with Gasteiger partial charge in [-0.25, -0.2) is 19.6 Å². The summed E-state index contributed by atoms with van der Waals surface area (Å²) in [6.07, 6.45) is 4.91. The maximum Gasteiger partial charge on any atom is 0.407 e. The zero-order chi connectivity index (χ0) is 35.4. The van der Waals surface area contributed by atoms with E-state index in [0.717, 1.165) is 59.3 Å². The van der Waals surface area contributed by atoms with Gasteiger partial charge in [-0.2, -0.15) is 0 Å². The van der Waals surface area contributed by atoms with E-state index in [9.17, 15) is 19.2 Å². The second-order valence-electron chi connectivity index (χ2n) is 12.7. The number of carbonyl (C=O) groups excluding carboxylic acids is 3. The first kappa shape index (κ1) is 34.2. The van der Waals surface area contributed by atoms with Gasteiger partial charge in [-0.15, -0.1) is 0 Å². The summed E-state index contributed by atoms with van der Waals surface area (Å²) in [4.78, 5) is 68.3. The molecule has 2 aliphatic rings. The molecular formula is C36H42N8O6. The number of imidazole rings is 2. The highest BCUT2D eigenvalue weighted by molar-refractivity contribution is 5.86. The van der Waals surface area contributed by atoms with Gasteiger partial charge in [0.2, 0.25) is 11.8 Å². The first-order chi connectivity index (χ1) is 24.1. The number of benzene rings is 2. The molecule has 0 unspecified atom stereocenters. The van der Waals surface area contributed by atoms with Gasteiger partial charge in [0.25, 0.3) is 0 Å². The van der Waals surface area contributed by atoms with Crippen molar-refractivity contribution >= 4 is 24.0 Å². The van der Waals surface area contributed by atoms with E-state index in [-0.39, 0.29) is 30.5 Å². The third-order valence-electron chi connectivity index (χ3n) is 9.31. The molecule has 4 atom stereocenters. The number of rotatable bonds is 10. The van der Waals surface area contributed by atoms with Crippen molar-refractivity contribution in [3.05, 3.63) is 72.6 Å². The third-order valence-corrected chi connectivity index (χ3v) is 9.31. The molecule has 0 bridgehead atoms. The number of alkyl carbamates (subject to hydrolysis) is 1. The van der Waals surface area contributed by atoms with E-state index in [2.05, 4.69) is 42.7 Å². The van der Waals surface area contributed by atoms with Gasteiger partial charge in [0.15, 0.2) is 0 Å². The molecule has 4 aromatic rings. The second kappa shape index (κ2) is 14.8. The highest BCUT2D eigenvalue weighted by Crippen LogP contribution is 2.34. The van der Waals surface area contributed by atoms with Gasteiger partial charge < -0.3 is 40.2 Å². The van der Waals surface area contributed by atoms with E-state index >= 15 is 0 Å². The number of hydrogen-bond donors (Lipinski definition) is 5. The topological polar surface area (TPSA) is 186 Å². The summed E-state index contributed by atoms with van der Waals surface area (Å²) in [6, 6.07) is 14.3. The van der Waals surface area contributed by atoms with Crippen LogP contribution in [0, 0.1) is 0 Å². The fourth-order valence-electron chi connectivity index (χ4n) is 6.78. The molecule has 50 heavy (non-hydrogen) atoms. The molecule has 2 aromatic heterocycles. The molecule has 2 aromatic carbocycles. The predicted octanol–water partition coefficient (Wildman–Crippen LogP) is 5.25. The van der Waals surface area contributed by atoms with Crippen LogP contribution in [-0.2, 0) is 14.3 Å². The lowest BCUT2D eigenvalue weighted by atomic mass is 10.0. The molecule has 262 valence electrons. The quantitative estimate of drug-likeness (QED) is 0.150. The average Bonchev–Trinajstić information content (AvgIpc) is 3.94. The van der Waals surface area contributed by atoms with Crippen LogP contribution >= 0.6 is 0 Å². The second-order valence-corrected chi connectivity index (χ2v) is 12.7. The van der Waals surface area contributed by atoms with E-state index < -0.39 is 24.3 Å². The first-order valence-corrected chi connectivity index (χ1v) is 17.0. The Kier molecular flexibility index (Phi) is 10.2. The minimum absolute atomic E-state index is 0.170. The Balaban J connectivity index is 1.09. The molecule has 0 spiro atoms. The maximum absolute atomic E-state index is 13.1. The number of nitrogens with one attached hydrogen (secondary N) is 4. The third kappa shape index (κ3) is 7.33. The standard InChI is InChI=1S/C36H42N8O6/c1-4-50-36(49)40-22(3)34(46)44-18-6-8-30(44)32-38-20-28(42-32)26-15-11-24(12-16-26)23-9-13-25(14-10-23)27-19-37-31(41-27)29-7-5-17-43(29)33(45)21(2)39-35(47)48/h9-16,19-22,29-30,39H,4-8,17-18H2,1-3H3,(H,37,41)(H,38,42)(H,40,49)(H,47,48)/t21-,22-,29+,30+/m1/s1. The Bertz CT molecular complexity index is 1840. The molecular weight excluding hydrogens is 640 g/mol. The monoisotopic (exact) mass is 682 g/mol. The summed E-state index contributed by atoms with van der Waals surface area (Å²) in [5.74, 6) is 0.965. The fourth-order valence-corrected chi connectivity index (χ4v) is 6.78. The minimum Gasteiger partial charge on any atom is -0.465 e. The first-order valence-electron chi connectivity index (χ1n) is 17.0. The number of hydrogen-bond acceptors (Lipinski definition) is 7. The molecule has 0 radical (unpaired) electrons. The Morgan fingerprint density at radius 2 is 1.18 bits per heavy atom. The van der Waals surface area contributed by atoms with E-state index in [1.165, 1.54) is 0 Å². The van der Waals surface area contributed by atoms with Crippen LogP contribution in [0.5, 0.6) is 0 Å². The number of aromatic nitrogens is 4. The van der Waals surface area contributed by atoms with Crippen molar-refractivity contribution in [2.45, 2.75) is 70.6 Å². The Hall–Kier alpha value is -5.66. The number of carbonyl (C=O) groups is 4. The van der Waals surface area contributed by atoms with E-state index in [1.807, 2.05) is 36.4 Å². The van der Waals surface area contributed by atoms with Gasteiger partial charge >= 0.3 is 12.2 Å². The van der Waals surface area contributed by atoms with Crippen molar-refractivity contribution in [3.8, 4) is 33.6 Å². The number of nitrogens with zero attached hydrogens (tertiary/aromatic N) is 4. The smallest absolute Gasteiger partial charge is 0.407 e. The fraction of sp³-hybridized carbons (Fsp3) is 0.389. The van der Waals surface area contributed by atoms with Gasteiger partial charge in [-0.3, -0.25) is 9.59 Å². The molecule has 2 fully saturated rings. The lowest BCUT2D eigenvalue weighted by molar-refractivity contribution is -0.134. The zero-order valence-electron chi connectivity index (χ0n) is 28.3. The molecule has 5 N–H and O–H groups in total. The van der Waals surface area contributed by atoms with Crippen molar-refractivity contribution in [1.82, 2.24) is 40.4 Å². The number of likely N-dealkylation sites (tertiary alicyclic amines) is 2. The van der Waals surface area contributed by atoms with Gasteiger partial charge in [-0.1, -0.05) is 48.5 Å². The summed E-state index contributed by atoms with van der Waals surface area (Å²) in [6.45, 7) is 6.31. The molecule has 14 nitrogen and oxygen atoms in total. The number of ether oxygens (including phenoxy) is 1. The maximum atomic E-state index is 13.1. The van der Waals surface area contributed by atoms with Crippen molar-refractivity contribution in [1.29, 1.82) is 0 Å². The SMILES string of the molecule is CCOC(=O)N[C@H](C)C(=O)N1CCC[C@H]1c1ncc(-c2ccc(-c3ccc(-c4cnc([C@@H]5CCCN5C(=O)[C@@H](C)NC(=O)O)[nH]4)cc3)cc2)[nH]1. The molecule has 2 saturated heterocycles. The number of amides is 4. The minimum atomic E-state index is -1.23. The van der Waals surface area contributed by atoms with Crippen LogP contribution in [0.1, 0.15) is 70.2 Å². The molecule has 6 rings (SSSR count). The Labute approximate surface area is 289 Å². The van der Waals surface area contributed by atoms with Crippen molar-refractivity contribution in [2.75, 3.05) is 19.7 Å². The lowest BCUT2D eigenvalue weighted by Gasteiger charge is -2.26. The van der Waals surface area contributed by atoms with Crippen molar-refractivity contribution in [2.24, 2.45) is 0 Å². The highest BCUT2D eigenvalue weighted by Gasteiger charge is 2.36. The van der Waals surface area contributed by atoms with Gasteiger partial charge in [0, 0.05) is 13.1 Å². The number of H-pyrrole nitrogens is 2. The highest BCUT2D eigenvalue weighted by atomic mass is 16.5. The summed E-state index contributed by atoms with van der Waals surface area (Å²) in [5.41, 5.74) is 5.70. The van der Waals surface area contributed by atoms with Crippen LogP contribution in [0.4, 0.5) is 9.59 Å². The van der Waals surface area contributed by atoms with Gasteiger partial charge in [0.05, 0.1) is 42.5 Å².